The molecule has 2 heterocycles. The van der Waals surface area contributed by atoms with Crippen molar-refractivity contribution in [3.63, 3.8) is 0 Å². The Morgan fingerprint density at radius 3 is 2.86 bits per heavy atom. The quantitative estimate of drug-likeness (QED) is 0.672. The Kier molecular flexibility index (Phi) is 6.39. The molecule has 7 nitrogen and oxygen atoms in total. The molecule has 2 fully saturated rings. The molecule has 2 rings (SSSR count). The van der Waals surface area contributed by atoms with Crippen LogP contribution >= 0.6 is 0 Å². The zero-order valence-corrected chi connectivity index (χ0v) is 13.5. The Bertz CT molecular complexity index is 418. The van der Waals surface area contributed by atoms with E-state index in [1.165, 1.54) is 4.31 Å². The number of hydrogen-bond donors (Lipinski definition) is 2. The third kappa shape index (κ3) is 4.87. The maximum absolute atomic E-state index is 12.3. The number of ether oxygens (including phenoxy) is 1. The summed E-state index contributed by atoms with van der Waals surface area (Å²) in [7, 11) is -3.48. The molecule has 2 atom stereocenters. The summed E-state index contributed by atoms with van der Waals surface area (Å²) in [6, 6.07) is 0. The van der Waals surface area contributed by atoms with Crippen molar-refractivity contribution in [2.24, 2.45) is 5.92 Å². The molecule has 0 saturated carbocycles. The molecule has 0 aromatic rings. The lowest BCUT2D eigenvalue weighted by Gasteiger charge is -2.34. The zero-order chi connectivity index (χ0) is 15.3. The van der Waals surface area contributed by atoms with E-state index in [-0.39, 0.29) is 18.6 Å². The molecule has 0 aromatic heterocycles. The first-order valence-corrected chi connectivity index (χ1v) is 9.18. The molecule has 2 aliphatic heterocycles. The average Bonchev–Trinajstić information content (AvgIpc) is 2.53. The van der Waals surface area contributed by atoms with Crippen molar-refractivity contribution < 1.29 is 18.3 Å². The highest BCUT2D eigenvalue weighted by molar-refractivity contribution is 7.87. The van der Waals surface area contributed by atoms with Crippen LogP contribution in [-0.2, 0) is 14.9 Å². The summed E-state index contributed by atoms with van der Waals surface area (Å²) < 4.78 is 34.3. The lowest BCUT2D eigenvalue weighted by molar-refractivity contribution is -0.0231. The summed E-state index contributed by atoms with van der Waals surface area (Å²) in [5.41, 5.74) is 0. The van der Waals surface area contributed by atoms with E-state index >= 15 is 0 Å². The molecule has 2 aliphatic rings. The molecule has 0 bridgehead atoms. The van der Waals surface area contributed by atoms with Crippen LogP contribution in [0.5, 0.6) is 0 Å². The van der Waals surface area contributed by atoms with Gasteiger partial charge in [0.25, 0.3) is 10.2 Å². The fraction of sp³-hybridized carbons (Fsp3) is 1.00. The van der Waals surface area contributed by atoms with Crippen LogP contribution in [0.2, 0.25) is 0 Å². The van der Waals surface area contributed by atoms with E-state index in [0.717, 1.165) is 32.5 Å². The van der Waals surface area contributed by atoms with Crippen LogP contribution in [0.4, 0.5) is 0 Å². The molecule has 21 heavy (non-hydrogen) atoms. The molecule has 124 valence electrons. The molecule has 0 amide bonds. The molecule has 0 aliphatic carbocycles. The number of morpholine rings is 1. The first-order chi connectivity index (χ1) is 10.0. The SMILES string of the molecule is CCN1CCOC(CNS(=O)(=O)N2CCCC(CO)C2)C1. The predicted molar refractivity (Wildman–Crippen MR) is 80.2 cm³/mol. The summed E-state index contributed by atoms with van der Waals surface area (Å²) in [6.07, 6.45) is 1.60. The Morgan fingerprint density at radius 2 is 2.14 bits per heavy atom. The van der Waals surface area contributed by atoms with Gasteiger partial charge in [-0.25, -0.2) is 0 Å². The van der Waals surface area contributed by atoms with E-state index in [1.54, 1.807) is 0 Å². The van der Waals surface area contributed by atoms with Gasteiger partial charge in [0.15, 0.2) is 0 Å². The largest absolute Gasteiger partial charge is 0.396 e. The van der Waals surface area contributed by atoms with E-state index in [9.17, 15) is 13.5 Å². The number of nitrogens with zero attached hydrogens (tertiary/aromatic N) is 2. The number of nitrogens with one attached hydrogen (secondary N) is 1. The van der Waals surface area contributed by atoms with Gasteiger partial charge in [-0.15, -0.1) is 0 Å². The van der Waals surface area contributed by atoms with Gasteiger partial charge in [0.2, 0.25) is 0 Å². The Hall–Kier alpha value is -0.250. The smallest absolute Gasteiger partial charge is 0.279 e. The van der Waals surface area contributed by atoms with E-state index in [0.29, 0.717) is 26.2 Å². The number of aliphatic hydroxyl groups is 1. The summed E-state index contributed by atoms with van der Waals surface area (Å²) in [6.45, 7) is 6.64. The predicted octanol–water partition coefficient (Wildman–Crippen LogP) is -0.754. The highest BCUT2D eigenvalue weighted by Gasteiger charge is 2.29. The van der Waals surface area contributed by atoms with Crippen molar-refractivity contribution in [2.45, 2.75) is 25.9 Å². The maximum Gasteiger partial charge on any atom is 0.279 e. The number of hydrogen-bond acceptors (Lipinski definition) is 5. The third-order valence-electron chi connectivity index (χ3n) is 4.24. The molecule has 0 aromatic carbocycles. The molecule has 0 radical (unpaired) electrons. The fourth-order valence-electron chi connectivity index (χ4n) is 2.87. The van der Waals surface area contributed by atoms with Gasteiger partial charge >= 0.3 is 0 Å². The van der Waals surface area contributed by atoms with E-state index < -0.39 is 10.2 Å². The first kappa shape index (κ1) is 17.1. The first-order valence-electron chi connectivity index (χ1n) is 7.74. The number of piperidine rings is 1. The minimum atomic E-state index is -3.48. The second kappa shape index (κ2) is 7.85. The van der Waals surface area contributed by atoms with E-state index in [4.69, 9.17) is 4.74 Å². The molecule has 2 saturated heterocycles. The third-order valence-corrected chi connectivity index (χ3v) is 5.79. The van der Waals surface area contributed by atoms with Crippen molar-refractivity contribution in [3.05, 3.63) is 0 Å². The summed E-state index contributed by atoms with van der Waals surface area (Å²) in [4.78, 5) is 2.26. The minimum absolute atomic E-state index is 0.0449. The lowest BCUT2D eigenvalue weighted by Crippen LogP contribution is -2.51. The Morgan fingerprint density at radius 1 is 1.33 bits per heavy atom. The van der Waals surface area contributed by atoms with Crippen molar-refractivity contribution in [3.8, 4) is 0 Å². The highest BCUT2D eigenvalue weighted by Crippen LogP contribution is 2.18. The summed E-state index contributed by atoms with van der Waals surface area (Å²) >= 11 is 0. The van der Waals surface area contributed by atoms with Crippen molar-refractivity contribution in [1.82, 2.24) is 13.9 Å². The molecular formula is C13H27N3O4S. The molecule has 8 heteroatoms. The van der Waals surface area contributed by atoms with Crippen LogP contribution in [0.25, 0.3) is 0 Å². The second-order valence-corrected chi connectivity index (χ2v) is 7.54. The summed E-state index contributed by atoms with van der Waals surface area (Å²) in [5.74, 6) is 0.0526. The van der Waals surface area contributed by atoms with Crippen molar-refractivity contribution in [2.75, 3.05) is 52.5 Å². The van der Waals surface area contributed by atoms with Gasteiger partial charge in [0.05, 0.1) is 12.7 Å². The standard InChI is InChI=1S/C13H27N3O4S/c1-2-15-6-7-20-13(10-15)8-14-21(18,19)16-5-3-4-12(9-16)11-17/h12-14,17H,2-11H2,1H3. The maximum atomic E-state index is 12.3. The van der Waals surface area contributed by atoms with Gasteiger partial charge in [-0.1, -0.05) is 6.92 Å². The number of rotatable bonds is 6. The molecular weight excluding hydrogens is 294 g/mol. The van der Waals surface area contributed by atoms with Crippen LogP contribution in [-0.4, -0.2) is 81.3 Å². The fourth-order valence-corrected chi connectivity index (χ4v) is 4.23. The van der Waals surface area contributed by atoms with Gasteiger partial charge in [0.1, 0.15) is 0 Å². The second-order valence-electron chi connectivity index (χ2n) is 5.79. The van der Waals surface area contributed by atoms with E-state index in [1.807, 2.05) is 0 Å². The Labute approximate surface area is 127 Å². The van der Waals surface area contributed by atoms with Crippen LogP contribution < -0.4 is 4.72 Å². The van der Waals surface area contributed by atoms with Crippen molar-refractivity contribution in [1.29, 1.82) is 0 Å². The van der Waals surface area contributed by atoms with Gasteiger partial charge < -0.3 is 9.84 Å². The van der Waals surface area contributed by atoms with Crippen LogP contribution in [0.3, 0.4) is 0 Å². The van der Waals surface area contributed by atoms with Gasteiger partial charge in [0, 0.05) is 39.3 Å². The molecule has 2 unspecified atom stereocenters. The van der Waals surface area contributed by atoms with Gasteiger partial charge in [-0.05, 0) is 25.3 Å². The lowest BCUT2D eigenvalue weighted by atomic mass is 10.0. The average molecular weight is 321 g/mol. The molecule has 0 spiro atoms. The normalized spacial score (nSPS) is 29.6. The zero-order valence-electron chi connectivity index (χ0n) is 12.7. The van der Waals surface area contributed by atoms with Crippen LogP contribution in [0.1, 0.15) is 19.8 Å². The number of likely N-dealkylation sites (N-methyl/N-ethyl adjacent to an activating group) is 1. The van der Waals surface area contributed by atoms with Crippen LogP contribution in [0, 0.1) is 5.92 Å². The topological polar surface area (TPSA) is 82.1 Å². The van der Waals surface area contributed by atoms with Gasteiger partial charge in [-0.2, -0.15) is 17.4 Å². The van der Waals surface area contributed by atoms with E-state index in [2.05, 4.69) is 16.5 Å². The minimum Gasteiger partial charge on any atom is -0.396 e. The summed E-state index contributed by atoms with van der Waals surface area (Å²) in [5, 5.41) is 9.20. The monoisotopic (exact) mass is 321 g/mol. The number of aliphatic hydroxyl groups excluding tert-OH is 1. The molecule has 2 N–H and O–H groups in total. The highest BCUT2D eigenvalue weighted by atomic mass is 32.2. The van der Waals surface area contributed by atoms with Gasteiger partial charge in [-0.3, -0.25) is 4.90 Å². The Balaban J connectivity index is 1.83. The van der Waals surface area contributed by atoms with Crippen molar-refractivity contribution >= 4 is 10.2 Å². The van der Waals surface area contributed by atoms with Crippen LogP contribution in [0.15, 0.2) is 0 Å².